The van der Waals surface area contributed by atoms with Gasteiger partial charge in [-0.1, -0.05) is 23.9 Å². The van der Waals surface area contributed by atoms with Gasteiger partial charge in [0.25, 0.3) is 11.3 Å². The summed E-state index contributed by atoms with van der Waals surface area (Å²) in [7, 11) is 1.25. The lowest BCUT2D eigenvalue weighted by Gasteiger charge is -2.24. The van der Waals surface area contributed by atoms with Crippen LogP contribution in [0, 0.1) is 10.1 Å². The predicted molar refractivity (Wildman–Crippen MR) is 99.6 cm³/mol. The first-order valence-electron chi connectivity index (χ1n) is 7.86. The highest BCUT2D eigenvalue weighted by molar-refractivity contribution is 7.98. The number of allylic oxidation sites excluding steroid dienone is 2. The highest BCUT2D eigenvalue weighted by atomic mass is 32.2. The highest BCUT2D eigenvalue weighted by Crippen LogP contribution is 2.39. The summed E-state index contributed by atoms with van der Waals surface area (Å²) in [5, 5.41) is 15.0. The predicted octanol–water partition coefficient (Wildman–Crippen LogP) is 2.34. The van der Waals surface area contributed by atoms with Crippen LogP contribution in [0.5, 0.6) is 0 Å². The highest BCUT2D eigenvalue weighted by Gasteiger charge is 2.39. The van der Waals surface area contributed by atoms with Crippen molar-refractivity contribution in [1.82, 2.24) is 9.97 Å². The number of hydrogen-bond acceptors (Lipinski definition) is 8. The number of aromatic amines is 1. The molecular formula is C17H16N4O5S. The molecule has 2 heterocycles. The molecule has 27 heavy (non-hydrogen) atoms. The van der Waals surface area contributed by atoms with E-state index in [1.165, 1.54) is 24.9 Å². The number of benzene rings is 1. The van der Waals surface area contributed by atoms with Crippen LogP contribution in [-0.2, 0) is 4.74 Å². The van der Waals surface area contributed by atoms with Gasteiger partial charge in [-0.15, -0.1) is 0 Å². The van der Waals surface area contributed by atoms with Gasteiger partial charge in [-0.25, -0.2) is 9.78 Å². The molecule has 1 atom stereocenters. The molecule has 10 heteroatoms. The van der Waals surface area contributed by atoms with Gasteiger partial charge in [0.15, 0.2) is 5.16 Å². The van der Waals surface area contributed by atoms with Gasteiger partial charge in [0.05, 0.1) is 28.9 Å². The quantitative estimate of drug-likeness (QED) is 0.269. The third-order valence-corrected chi connectivity index (χ3v) is 4.80. The lowest BCUT2D eigenvalue weighted by molar-refractivity contribution is -0.430. The number of anilines is 1. The van der Waals surface area contributed by atoms with Crippen molar-refractivity contribution in [2.75, 3.05) is 18.7 Å². The fourth-order valence-corrected chi connectivity index (χ4v) is 3.42. The number of nitro groups is 1. The summed E-state index contributed by atoms with van der Waals surface area (Å²) >= 11 is 1.25. The van der Waals surface area contributed by atoms with E-state index in [9.17, 15) is 19.7 Å². The Morgan fingerprint density at radius 3 is 2.78 bits per heavy atom. The minimum Gasteiger partial charge on any atom is -0.465 e. The third kappa shape index (κ3) is 3.31. The van der Waals surface area contributed by atoms with E-state index in [1.807, 2.05) is 0 Å². The van der Waals surface area contributed by atoms with Gasteiger partial charge in [-0.3, -0.25) is 14.9 Å². The molecule has 1 aliphatic heterocycles. The number of H-pyrrole nitrogens is 1. The van der Waals surface area contributed by atoms with E-state index < -0.39 is 22.4 Å². The van der Waals surface area contributed by atoms with Gasteiger partial charge in [0.1, 0.15) is 11.7 Å². The number of aromatic nitrogens is 2. The smallest absolute Gasteiger partial charge is 0.337 e. The first-order valence-corrected chi connectivity index (χ1v) is 9.08. The first-order chi connectivity index (χ1) is 12.9. The zero-order chi connectivity index (χ0) is 19.7. The number of rotatable bonds is 4. The lowest BCUT2D eigenvalue weighted by atomic mass is 9.85. The zero-order valence-electron chi connectivity index (χ0n) is 14.7. The normalized spacial score (nSPS) is 15.7. The molecular weight excluding hydrogens is 372 g/mol. The number of hydrogen-bond donors (Lipinski definition) is 2. The van der Waals surface area contributed by atoms with Crippen LogP contribution >= 0.6 is 11.8 Å². The second-order valence-electron chi connectivity index (χ2n) is 5.78. The Bertz CT molecular complexity index is 1030. The van der Waals surface area contributed by atoms with E-state index in [-0.39, 0.29) is 28.3 Å². The second-order valence-corrected chi connectivity index (χ2v) is 6.57. The van der Waals surface area contributed by atoms with E-state index >= 15 is 0 Å². The van der Waals surface area contributed by atoms with Crippen molar-refractivity contribution in [1.29, 1.82) is 0 Å². The van der Waals surface area contributed by atoms with Crippen LogP contribution < -0.4 is 10.9 Å². The Morgan fingerprint density at radius 2 is 2.15 bits per heavy atom. The van der Waals surface area contributed by atoms with Crippen LogP contribution in [0.2, 0.25) is 0 Å². The molecule has 0 saturated heterocycles. The van der Waals surface area contributed by atoms with Gasteiger partial charge in [0.2, 0.25) is 0 Å². The van der Waals surface area contributed by atoms with Crippen LogP contribution in [-0.4, -0.2) is 34.2 Å². The number of nitrogens with one attached hydrogen (secondary N) is 2. The summed E-state index contributed by atoms with van der Waals surface area (Å²) in [5.41, 5.74) is 0.431. The van der Waals surface area contributed by atoms with E-state index in [4.69, 9.17) is 4.74 Å². The van der Waals surface area contributed by atoms with Crippen molar-refractivity contribution in [3.05, 3.63) is 72.8 Å². The van der Waals surface area contributed by atoms with Crippen LogP contribution in [0.4, 0.5) is 5.82 Å². The summed E-state index contributed by atoms with van der Waals surface area (Å²) < 4.78 is 4.72. The van der Waals surface area contributed by atoms with E-state index in [0.29, 0.717) is 10.7 Å². The number of thioether (sulfide) groups is 1. The van der Waals surface area contributed by atoms with E-state index in [2.05, 4.69) is 15.3 Å². The molecule has 0 fully saturated rings. The Kier molecular flexibility index (Phi) is 5.00. The molecule has 0 radical (unpaired) electrons. The molecule has 0 saturated carbocycles. The summed E-state index contributed by atoms with van der Waals surface area (Å²) in [6.07, 6.45) is 1.76. The first kappa shape index (κ1) is 18.6. The molecule has 140 valence electrons. The lowest BCUT2D eigenvalue weighted by Crippen LogP contribution is -2.30. The number of ether oxygens (including phenoxy) is 1. The van der Waals surface area contributed by atoms with Crippen molar-refractivity contribution < 1.29 is 14.5 Å². The molecule has 1 aliphatic rings. The SMILES string of the molecule is COC(=O)c1cccc(C2C([N+](=O)[O-])=C(C)Nc3nc(SC)[nH]c(=O)c32)c1. The van der Waals surface area contributed by atoms with Crippen molar-refractivity contribution >= 4 is 23.5 Å². The largest absolute Gasteiger partial charge is 0.465 e. The van der Waals surface area contributed by atoms with Gasteiger partial charge in [0, 0.05) is 0 Å². The van der Waals surface area contributed by atoms with Gasteiger partial charge >= 0.3 is 5.97 Å². The van der Waals surface area contributed by atoms with Crippen molar-refractivity contribution in [3.63, 3.8) is 0 Å². The van der Waals surface area contributed by atoms with Gasteiger partial charge in [-0.2, -0.15) is 0 Å². The fraction of sp³-hybridized carbons (Fsp3) is 0.235. The molecule has 0 aliphatic carbocycles. The fourth-order valence-electron chi connectivity index (χ4n) is 3.05. The maximum atomic E-state index is 12.7. The Morgan fingerprint density at radius 1 is 1.41 bits per heavy atom. The Labute approximate surface area is 158 Å². The maximum absolute atomic E-state index is 12.7. The second kappa shape index (κ2) is 7.23. The molecule has 0 spiro atoms. The molecule has 2 N–H and O–H groups in total. The van der Waals surface area contributed by atoms with Crippen molar-refractivity contribution in [3.8, 4) is 0 Å². The van der Waals surface area contributed by atoms with E-state index in [1.54, 1.807) is 31.4 Å². The summed E-state index contributed by atoms with van der Waals surface area (Å²) in [6, 6.07) is 6.25. The van der Waals surface area contributed by atoms with Crippen LogP contribution in [0.1, 0.15) is 34.3 Å². The third-order valence-electron chi connectivity index (χ3n) is 4.22. The molecule has 0 bridgehead atoms. The number of nitrogens with zero attached hydrogens (tertiary/aromatic N) is 2. The summed E-state index contributed by atoms with van der Waals surface area (Å²) in [4.78, 5) is 42.7. The van der Waals surface area contributed by atoms with Crippen LogP contribution in [0.15, 0.2) is 45.6 Å². The van der Waals surface area contributed by atoms with Crippen LogP contribution in [0.25, 0.3) is 0 Å². The molecule has 2 aromatic rings. The van der Waals surface area contributed by atoms with Crippen molar-refractivity contribution in [2.45, 2.75) is 18.0 Å². The molecule has 1 aromatic heterocycles. The monoisotopic (exact) mass is 388 g/mol. The molecule has 0 amide bonds. The van der Waals surface area contributed by atoms with Gasteiger partial charge < -0.3 is 15.0 Å². The molecule has 1 aromatic carbocycles. The minimum absolute atomic E-state index is 0.132. The maximum Gasteiger partial charge on any atom is 0.337 e. The average molecular weight is 388 g/mol. The van der Waals surface area contributed by atoms with Crippen molar-refractivity contribution in [2.24, 2.45) is 0 Å². The number of fused-ring (bicyclic) bond motifs is 1. The minimum atomic E-state index is -0.979. The molecule has 3 rings (SSSR count). The topological polar surface area (TPSA) is 127 Å². The standard InChI is InChI=1S/C17H16N4O5S/c1-8-13(21(24)25)11(9-5-4-6-10(7-9)16(23)26-2)12-14(18-8)19-17(27-3)20-15(12)22/h4-7,11H,1-3H3,(H2,18,19,20,22). The average Bonchev–Trinajstić information content (AvgIpc) is 2.65. The number of carbonyl (C=O) groups excluding carboxylic acids is 1. The summed E-state index contributed by atoms with van der Waals surface area (Å²) in [5.74, 6) is -1.29. The number of methoxy groups -OCH3 is 1. The number of carbonyl (C=O) groups is 1. The summed E-state index contributed by atoms with van der Waals surface area (Å²) in [6.45, 7) is 1.56. The number of esters is 1. The molecule has 1 unspecified atom stereocenters. The van der Waals surface area contributed by atoms with Crippen LogP contribution in [0.3, 0.4) is 0 Å². The Hall–Kier alpha value is -3.14. The van der Waals surface area contributed by atoms with E-state index in [0.717, 1.165) is 0 Å². The van der Waals surface area contributed by atoms with Gasteiger partial charge in [-0.05, 0) is 30.9 Å². The zero-order valence-corrected chi connectivity index (χ0v) is 15.5. The Balaban J connectivity index is 2.28. The molecule has 9 nitrogen and oxygen atoms in total.